The zero-order valence-electron chi connectivity index (χ0n) is 19.1. The van der Waals surface area contributed by atoms with E-state index in [9.17, 15) is 32.2 Å². The van der Waals surface area contributed by atoms with Gasteiger partial charge in [-0.3, -0.25) is 4.55 Å². The third kappa shape index (κ3) is 5.28. The zero-order valence-corrected chi connectivity index (χ0v) is 19.9. The largest absolute Gasteiger partial charge is 0.508 e. The van der Waals surface area contributed by atoms with Gasteiger partial charge in [-0.1, -0.05) is 42.5 Å². The second-order valence-corrected chi connectivity index (χ2v) is 9.69. The van der Waals surface area contributed by atoms with Gasteiger partial charge in [0.05, 0.1) is 5.56 Å². The molecule has 10 heteroatoms. The van der Waals surface area contributed by atoms with E-state index in [-0.39, 0.29) is 17.1 Å². The average molecular weight is 507 g/mol. The number of rotatable bonds is 7. The first-order valence-electron chi connectivity index (χ1n) is 10.5. The van der Waals surface area contributed by atoms with E-state index in [1.807, 2.05) is 0 Å². The lowest BCUT2D eigenvalue weighted by Crippen LogP contribution is -2.42. The van der Waals surface area contributed by atoms with Crippen molar-refractivity contribution in [2.75, 3.05) is 0 Å². The highest BCUT2D eigenvalue weighted by molar-refractivity contribution is 7.86. The van der Waals surface area contributed by atoms with E-state index in [2.05, 4.69) is 0 Å². The molecule has 186 valence electrons. The Hall–Kier alpha value is -3.50. The van der Waals surface area contributed by atoms with Crippen LogP contribution in [0, 0.1) is 13.8 Å². The summed E-state index contributed by atoms with van der Waals surface area (Å²) >= 11 is 0. The molecule has 0 aromatic heterocycles. The van der Waals surface area contributed by atoms with Crippen molar-refractivity contribution < 1.29 is 41.5 Å². The minimum atomic E-state index is -5.82. The van der Waals surface area contributed by atoms with Crippen LogP contribution < -0.4 is 0 Å². The monoisotopic (exact) mass is 506 g/mol. The van der Waals surface area contributed by atoms with Crippen LogP contribution in [0.15, 0.2) is 60.7 Å². The van der Waals surface area contributed by atoms with Gasteiger partial charge in [0.2, 0.25) is 0 Å². The number of hydrogen-bond donors (Lipinski definition) is 3. The number of halogens is 2. The van der Waals surface area contributed by atoms with Crippen LogP contribution in [0.5, 0.6) is 11.5 Å². The predicted octanol–water partition coefficient (Wildman–Crippen LogP) is 4.92. The summed E-state index contributed by atoms with van der Waals surface area (Å²) in [7, 11) is -5.82. The molecule has 3 N–H and O–H groups in total. The van der Waals surface area contributed by atoms with Crippen molar-refractivity contribution in [2.45, 2.75) is 38.0 Å². The van der Waals surface area contributed by atoms with E-state index in [4.69, 9.17) is 9.29 Å². The van der Waals surface area contributed by atoms with Gasteiger partial charge in [-0.2, -0.15) is 17.2 Å². The van der Waals surface area contributed by atoms with Gasteiger partial charge in [0.1, 0.15) is 11.5 Å². The van der Waals surface area contributed by atoms with Gasteiger partial charge >= 0.3 is 21.3 Å². The number of aryl methyl sites for hydroxylation is 2. The molecule has 0 aliphatic carbocycles. The number of esters is 1. The zero-order chi connectivity index (χ0) is 26.1. The minimum absolute atomic E-state index is 0.0587. The molecule has 0 spiro atoms. The number of carbonyl (C=O) groups excluding carboxylic acids is 1. The SMILES string of the molecule is Cc1cc(C(c2ccc(O)c(C)c2)c2ccccc2C(=O)OC(C)C(F)(F)S(=O)(=O)O)ccc1O. The van der Waals surface area contributed by atoms with Crippen LogP contribution in [0.25, 0.3) is 0 Å². The molecule has 35 heavy (non-hydrogen) atoms. The molecule has 0 aliphatic heterocycles. The number of phenolic OH excluding ortho intramolecular Hbond substituents is 2. The van der Waals surface area contributed by atoms with Gasteiger partial charge in [0.25, 0.3) is 0 Å². The molecule has 0 amide bonds. The molecule has 0 saturated carbocycles. The first kappa shape index (κ1) is 26.1. The lowest BCUT2D eigenvalue weighted by molar-refractivity contribution is -0.0550. The summed E-state index contributed by atoms with van der Waals surface area (Å²) in [5.74, 6) is -1.74. The van der Waals surface area contributed by atoms with Crippen molar-refractivity contribution in [1.29, 1.82) is 0 Å². The number of aromatic hydroxyl groups is 2. The van der Waals surface area contributed by atoms with Crippen molar-refractivity contribution in [2.24, 2.45) is 0 Å². The van der Waals surface area contributed by atoms with Crippen molar-refractivity contribution in [3.63, 3.8) is 0 Å². The van der Waals surface area contributed by atoms with E-state index >= 15 is 0 Å². The molecule has 0 bridgehead atoms. The van der Waals surface area contributed by atoms with Crippen LogP contribution in [-0.4, -0.2) is 40.5 Å². The third-order valence-electron chi connectivity index (χ3n) is 5.70. The average Bonchev–Trinajstić information content (AvgIpc) is 2.78. The lowest BCUT2D eigenvalue weighted by atomic mass is 9.81. The topological polar surface area (TPSA) is 121 Å². The lowest BCUT2D eigenvalue weighted by Gasteiger charge is -2.24. The number of alkyl halides is 2. The molecule has 1 unspecified atom stereocenters. The van der Waals surface area contributed by atoms with Crippen molar-refractivity contribution in [1.82, 2.24) is 0 Å². The van der Waals surface area contributed by atoms with Gasteiger partial charge in [0.15, 0.2) is 6.10 Å². The highest BCUT2D eigenvalue weighted by atomic mass is 32.2. The Bertz CT molecular complexity index is 1320. The Balaban J connectivity index is 2.14. The molecule has 3 aromatic carbocycles. The summed E-state index contributed by atoms with van der Waals surface area (Å²) in [6.07, 6.45) is -2.47. The Morgan fingerprint density at radius 3 is 1.86 bits per heavy atom. The summed E-state index contributed by atoms with van der Waals surface area (Å²) in [5.41, 5.74) is 2.68. The summed E-state index contributed by atoms with van der Waals surface area (Å²) in [4.78, 5) is 12.9. The fourth-order valence-electron chi connectivity index (χ4n) is 3.71. The fraction of sp³-hybridized carbons (Fsp3) is 0.240. The summed E-state index contributed by atoms with van der Waals surface area (Å²) in [6.45, 7) is 4.05. The predicted molar refractivity (Wildman–Crippen MR) is 124 cm³/mol. The molecule has 0 saturated heterocycles. The molecule has 3 rings (SSSR count). The van der Waals surface area contributed by atoms with Crippen LogP contribution in [0.1, 0.15) is 51.0 Å². The maximum atomic E-state index is 14.0. The molecule has 1 atom stereocenters. The van der Waals surface area contributed by atoms with E-state index in [0.29, 0.717) is 34.7 Å². The quantitative estimate of drug-likeness (QED) is 0.236. The minimum Gasteiger partial charge on any atom is -0.508 e. The summed E-state index contributed by atoms with van der Waals surface area (Å²) < 4.78 is 63.7. The van der Waals surface area contributed by atoms with Gasteiger partial charge in [-0.25, -0.2) is 4.79 Å². The highest BCUT2D eigenvalue weighted by Gasteiger charge is 2.52. The molecule has 0 radical (unpaired) electrons. The number of phenols is 2. The Labute approximate surface area is 201 Å². The maximum Gasteiger partial charge on any atom is 0.405 e. The first-order chi connectivity index (χ1) is 16.2. The van der Waals surface area contributed by atoms with Crippen molar-refractivity contribution in [3.05, 3.63) is 94.0 Å². The van der Waals surface area contributed by atoms with Crippen LogP contribution in [0.3, 0.4) is 0 Å². The molecule has 3 aromatic rings. The highest BCUT2D eigenvalue weighted by Crippen LogP contribution is 2.38. The molecular formula is C25H24F2O7S. The summed E-state index contributed by atoms with van der Waals surface area (Å²) in [5, 5.41) is 15.3. The van der Waals surface area contributed by atoms with Crippen LogP contribution in [0.4, 0.5) is 8.78 Å². The fourth-order valence-corrected chi connectivity index (χ4v) is 4.17. The third-order valence-corrected chi connectivity index (χ3v) is 6.72. The van der Waals surface area contributed by atoms with Crippen molar-refractivity contribution >= 4 is 16.1 Å². The smallest absolute Gasteiger partial charge is 0.405 e. The molecular weight excluding hydrogens is 482 g/mol. The first-order valence-corrected chi connectivity index (χ1v) is 11.9. The second kappa shape index (κ2) is 9.63. The molecule has 0 heterocycles. The standard InChI is InChI=1S/C25H24F2O7S/c1-14-12-17(8-10-21(14)28)23(18-9-11-22(29)15(2)13-18)19-6-4-5-7-20(19)24(30)34-16(3)25(26,27)35(31,32)33/h4-13,16,23,28-29H,1-3H3,(H,31,32,33). The van der Waals surface area contributed by atoms with E-state index in [1.54, 1.807) is 50.2 Å². The van der Waals surface area contributed by atoms with Crippen LogP contribution in [0.2, 0.25) is 0 Å². The number of benzene rings is 3. The Kier molecular flexibility index (Phi) is 7.18. The van der Waals surface area contributed by atoms with Gasteiger partial charge < -0.3 is 14.9 Å². The van der Waals surface area contributed by atoms with Gasteiger partial charge in [-0.05, 0) is 66.8 Å². The Morgan fingerprint density at radius 2 is 1.40 bits per heavy atom. The van der Waals surface area contributed by atoms with Gasteiger partial charge in [-0.15, -0.1) is 0 Å². The molecule has 0 fully saturated rings. The number of carbonyl (C=O) groups is 1. The number of hydrogen-bond acceptors (Lipinski definition) is 6. The van der Waals surface area contributed by atoms with Crippen LogP contribution >= 0.6 is 0 Å². The normalized spacial score (nSPS) is 13.0. The second-order valence-electron chi connectivity index (χ2n) is 8.20. The van der Waals surface area contributed by atoms with E-state index < -0.39 is 33.4 Å². The Morgan fingerprint density at radius 1 is 0.914 bits per heavy atom. The molecule has 7 nitrogen and oxygen atoms in total. The summed E-state index contributed by atoms with van der Waals surface area (Å²) in [6, 6.07) is 15.8. The van der Waals surface area contributed by atoms with Gasteiger partial charge in [0, 0.05) is 5.92 Å². The van der Waals surface area contributed by atoms with E-state index in [1.165, 1.54) is 24.3 Å². The van der Waals surface area contributed by atoms with Crippen molar-refractivity contribution in [3.8, 4) is 11.5 Å². The maximum absolute atomic E-state index is 14.0. The van der Waals surface area contributed by atoms with Crippen LogP contribution in [-0.2, 0) is 14.9 Å². The van der Waals surface area contributed by atoms with E-state index in [0.717, 1.165) is 0 Å². The molecule has 0 aliphatic rings. The number of ether oxygens (including phenoxy) is 1.